The van der Waals surface area contributed by atoms with Crippen molar-refractivity contribution < 1.29 is 14.7 Å². The van der Waals surface area contributed by atoms with Crippen molar-refractivity contribution in [2.45, 2.75) is 26.2 Å². The van der Waals surface area contributed by atoms with Gasteiger partial charge in [0.15, 0.2) is 0 Å². The summed E-state index contributed by atoms with van der Waals surface area (Å²) < 4.78 is 0. The van der Waals surface area contributed by atoms with Crippen LogP contribution in [-0.2, 0) is 4.79 Å². The first-order valence-corrected chi connectivity index (χ1v) is 8.11. The molecule has 2 aromatic rings. The summed E-state index contributed by atoms with van der Waals surface area (Å²) in [5.41, 5.74) is 3.97. The monoisotopic (exact) mass is 339 g/mol. The molecule has 6 heteroatoms. The fourth-order valence-electron chi connectivity index (χ4n) is 2.09. The van der Waals surface area contributed by atoms with Gasteiger partial charge in [-0.05, 0) is 42.8 Å². The van der Waals surface area contributed by atoms with Crippen LogP contribution in [0.5, 0.6) is 5.75 Å². The lowest BCUT2D eigenvalue weighted by Gasteiger charge is -2.06. The molecule has 0 aliphatic carbocycles. The third-order valence-corrected chi connectivity index (χ3v) is 3.49. The molecule has 2 amide bonds. The predicted molar refractivity (Wildman–Crippen MR) is 97.8 cm³/mol. The minimum absolute atomic E-state index is 0.0358. The highest BCUT2D eigenvalue weighted by atomic mass is 16.3. The maximum Gasteiger partial charge on any atom is 0.271 e. The number of phenols is 1. The Labute approximate surface area is 146 Å². The Morgan fingerprint density at radius 1 is 1.12 bits per heavy atom. The number of carbonyl (C=O) groups is 2. The Kier molecular flexibility index (Phi) is 6.71. The Morgan fingerprint density at radius 3 is 2.52 bits per heavy atom. The maximum atomic E-state index is 12.0. The SMILES string of the molecule is CCCCC(=O)Nc1ccc(C(=O)NN=Cc2ccccc2O)cc1. The Morgan fingerprint density at radius 2 is 1.84 bits per heavy atom. The molecule has 0 atom stereocenters. The van der Waals surface area contributed by atoms with Gasteiger partial charge in [-0.1, -0.05) is 25.5 Å². The van der Waals surface area contributed by atoms with Gasteiger partial charge in [0.25, 0.3) is 5.91 Å². The number of amides is 2. The number of hydrogen-bond acceptors (Lipinski definition) is 4. The van der Waals surface area contributed by atoms with Crippen LogP contribution in [0, 0.1) is 0 Å². The minimum Gasteiger partial charge on any atom is -0.507 e. The number of anilines is 1. The van der Waals surface area contributed by atoms with Crippen molar-refractivity contribution in [3.05, 3.63) is 59.7 Å². The average molecular weight is 339 g/mol. The summed E-state index contributed by atoms with van der Waals surface area (Å²) in [6.45, 7) is 2.03. The summed E-state index contributed by atoms with van der Waals surface area (Å²) in [4.78, 5) is 23.7. The largest absolute Gasteiger partial charge is 0.507 e. The van der Waals surface area contributed by atoms with E-state index in [-0.39, 0.29) is 17.6 Å². The van der Waals surface area contributed by atoms with Gasteiger partial charge in [-0.3, -0.25) is 9.59 Å². The molecule has 0 unspecified atom stereocenters. The maximum absolute atomic E-state index is 12.0. The lowest BCUT2D eigenvalue weighted by Crippen LogP contribution is -2.17. The van der Waals surface area contributed by atoms with Crippen molar-refractivity contribution in [1.82, 2.24) is 5.43 Å². The number of hydrazone groups is 1. The topological polar surface area (TPSA) is 90.8 Å². The normalized spacial score (nSPS) is 10.6. The van der Waals surface area contributed by atoms with E-state index in [1.807, 2.05) is 6.92 Å². The van der Waals surface area contributed by atoms with Gasteiger partial charge < -0.3 is 10.4 Å². The van der Waals surface area contributed by atoms with Crippen molar-refractivity contribution in [3.8, 4) is 5.75 Å². The van der Waals surface area contributed by atoms with Crippen LogP contribution in [0.4, 0.5) is 5.69 Å². The fourth-order valence-corrected chi connectivity index (χ4v) is 2.09. The minimum atomic E-state index is -0.379. The third kappa shape index (κ3) is 5.76. The molecule has 0 saturated heterocycles. The van der Waals surface area contributed by atoms with E-state index in [4.69, 9.17) is 0 Å². The van der Waals surface area contributed by atoms with E-state index in [1.165, 1.54) is 12.3 Å². The number of aromatic hydroxyl groups is 1. The van der Waals surface area contributed by atoms with E-state index in [2.05, 4.69) is 15.8 Å². The van der Waals surface area contributed by atoms with Gasteiger partial charge in [0, 0.05) is 23.2 Å². The smallest absolute Gasteiger partial charge is 0.271 e. The number of benzene rings is 2. The second-order valence-electron chi connectivity index (χ2n) is 5.49. The van der Waals surface area contributed by atoms with E-state index >= 15 is 0 Å². The van der Waals surface area contributed by atoms with Crippen LogP contribution in [0.3, 0.4) is 0 Å². The molecule has 0 aliphatic rings. The van der Waals surface area contributed by atoms with Crippen LogP contribution in [0.25, 0.3) is 0 Å². The Balaban J connectivity index is 1.90. The molecule has 3 N–H and O–H groups in total. The average Bonchev–Trinajstić information content (AvgIpc) is 2.62. The van der Waals surface area contributed by atoms with Crippen molar-refractivity contribution in [2.24, 2.45) is 5.10 Å². The highest BCUT2D eigenvalue weighted by molar-refractivity contribution is 5.96. The van der Waals surface area contributed by atoms with Gasteiger partial charge in [-0.25, -0.2) is 5.43 Å². The molecule has 0 heterocycles. The summed E-state index contributed by atoms with van der Waals surface area (Å²) in [7, 11) is 0. The summed E-state index contributed by atoms with van der Waals surface area (Å²) in [5, 5.41) is 16.2. The second-order valence-corrected chi connectivity index (χ2v) is 5.49. The van der Waals surface area contributed by atoms with Crippen LogP contribution >= 0.6 is 0 Å². The van der Waals surface area contributed by atoms with Crippen LogP contribution in [0.1, 0.15) is 42.1 Å². The van der Waals surface area contributed by atoms with E-state index in [0.29, 0.717) is 23.2 Å². The van der Waals surface area contributed by atoms with Crippen molar-refractivity contribution >= 4 is 23.7 Å². The highest BCUT2D eigenvalue weighted by Gasteiger charge is 2.06. The van der Waals surface area contributed by atoms with Gasteiger partial charge in [0.05, 0.1) is 6.21 Å². The molecule has 0 spiro atoms. The molecule has 0 radical (unpaired) electrons. The molecule has 0 fully saturated rings. The quantitative estimate of drug-likeness (QED) is 0.534. The van der Waals surface area contributed by atoms with Crippen molar-refractivity contribution in [2.75, 3.05) is 5.32 Å². The summed E-state index contributed by atoms with van der Waals surface area (Å²) in [6, 6.07) is 13.2. The first kappa shape index (κ1) is 18.2. The molecule has 130 valence electrons. The van der Waals surface area contributed by atoms with Crippen molar-refractivity contribution in [1.29, 1.82) is 0 Å². The van der Waals surface area contributed by atoms with E-state index in [0.717, 1.165) is 12.8 Å². The molecule has 0 bridgehead atoms. The fraction of sp³-hybridized carbons (Fsp3) is 0.211. The zero-order valence-corrected chi connectivity index (χ0v) is 14.0. The van der Waals surface area contributed by atoms with Gasteiger partial charge in [0.1, 0.15) is 5.75 Å². The first-order chi connectivity index (χ1) is 12.1. The number of nitrogens with zero attached hydrogens (tertiary/aromatic N) is 1. The summed E-state index contributed by atoms with van der Waals surface area (Å²) in [6.07, 6.45) is 3.67. The molecule has 2 rings (SSSR count). The molecule has 0 aliphatic heterocycles. The highest BCUT2D eigenvalue weighted by Crippen LogP contribution is 2.13. The Hall–Kier alpha value is -3.15. The van der Waals surface area contributed by atoms with E-state index in [9.17, 15) is 14.7 Å². The van der Waals surface area contributed by atoms with Crippen LogP contribution in [0.2, 0.25) is 0 Å². The van der Waals surface area contributed by atoms with Gasteiger partial charge in [-0.2, -0.15) is 5.10 Å². The molecule has 0 saturated carbocycles. The van der Waals surface area contributed by atoms with Crippen LogP contribution in [0.15, 0.2) is 53.6 Å². The molecular weight excluding hydrogens is 318 g/mol. The van der Waals surface area contributed by atoms with Gasteiger partial charge >= 0.3 is 0 Å². The predicted octanol–water partition coefficient (Wildman–Crippen LogP) is 3.28. The third-order valence-electron chi connectivity index (χ3n) is 3.49. The summed E-state index contributed by atoms with van der Waals surface area (Å²) >= 11 is 0. The second kappa shape index (κ2) is 9.22. The molecule has 6 nitrogen and oxygen atoms in total. The number of nitrogens with one attached hydrogen (secondary N) is 2. The van der Waals surface area contributed by atoms with Crippen LogP contribution in [-0.4, -0.2) is 23.1 Å². The Bertz CT molecular complexity index is 755. The van der Waals surface area contributed by atoms with E-state index in [1.54, 1.807) is 42.5 Å². The molecule has 0 aromatic heterocycles. The first-order valence-electron chi connectivity index (χ1n) is 8.11. The standard InChI is InChI=1S/C19H21N3O3/c1-2-3-8-18(24)21-16-11-9-14(10-12-16)19(25)22-20-13-15-6-4-5-7-17(15)23/h4-7,9-13,23H,2-3,8H2,1H3,(H,21,24)(H,22,25). The number of carbonyl (C=O) groups excluding carboxylic acids is 2. The number of phenolic OH excluding ortho intramolecular Hbond substituents is 1. The zero-order valence-electron chi connectivity index (χ0n) is 14.0. The van der Waals surface area contributed by atoms with Crippen molar-refractivity contribution in [3.63, 3.8) is 0 Å². The number of hydrogen-bond donors (Lipinski definition) is 3. The molecule has 2 aromatic carbocycles. The zero-order chi connectivity index (χ0) is 18.1. The molecular formula is C19H21N3O3. The van der Waals surface area contributed by atoms with Gasteiger partial charge in [0.2, 0.25) is 5.91 Å². The lowest BCUT2D eigenvalue weighted by atomic mass is 10.2. The number of unbranched alkanes of at least 4 members (excludes halogenated alkanes) is 1. The van der Waals surface area contributed by atoms with Gasteiger partial charge in [-0.15, -0.1) is 0 Å². The number of para-hydroxylation sites is 1. The molecule has 25 heavy (non-hydrogen) atoms. The lowest BCUT2D eigenvalue weighted by molar-refractivity contribution is -0.116. The van der Waals surface area contributed by atoms with Crippen LogP contribution < -0.4 is 10.7 Å². The summed E-state index contributed by atoms with van der Waals surface area (Å²) in [5.74, 6) is -0.328. The number of rotatable bonds is 7. The van der Waals surface area contributed by atoms with E-state index < -0.39 is 0 Å².